The van der Waals surface area contributed by atoms with Crippen LogP contribution in [0.1, 0.15) is 11.1 Å². The molecular formula is C22H19BrN2O. The van der Waals surface area contributed by atoms with E-state index in [0.29, 0.717) is 5.89 Å². The molecule has 0 aliphatic heterocycles. The van der Waals surface area contributed by atoms with Crippen LogP contribution in [-0.2, 0) is 6.54 Å². The Kier molecular flexibility index (Phi) is 5.64. The number of aryl methyl sites for hydroxylation is 1. The van der Waals surface area contributed by atoms with E-state index in [-0.39, 0.29) is 17.0 Å². The van der Waals surface area contributed by atoms with Crippen molar-refractivity contribution >= 4 is 0 Å². The minimum absolute atomic E-state index is 0. The van der Waals surface area contributed by atoms with E-state index in [1.54, 1.807) is 6.20 Å². The lowest BCUT2D eigenvalue weighted by atomic mass is 10.1. The maximum atomic E-state index is 5.96. The molecule has 0 spiro atoms. The molecule has 0 saturated carbocycles. The fourth-order valence-corrected chi connectivity index (χ4v) is 2.91. The first-order valence-corrected chi connectivity index (χ1v) is 8.34. The van der Waals surface area contributed by atoms with Crippen LogP contribution >= 0.6 is 0 Å². The molecule has 3 nitrogen and oxygen atoms in total. The largest absolute Gasteiger partial charge is 1.00 e. The summed E-state index contributed by atoms with van der Waals surface area (Å²) >= 11 is 0. The summed E-state index contributed by atoms with van der Waals surface area (Å²) in [5, 5.41) is 0. The Hall–Kier alpha value is -2.72. The first-order chi connectivity index (χ1) is 12.3. The number of aromatic nitrogens is 2. The van der Waals surface area contributed by atoms with Crippen molar-refractivity contribution in [3.63, 3.8) is 0 Å². The van der Waals surface area contributed by atoms with Crippen molar-refractivity contribution in [3.8, 4) is 22.8 Å². The highest BCUT2D eigenvalue weighted by Crippen LogP contribution is 2.24. The van der Waals surface area contributed by atoms with Crippen molar-refractivity contribution in [2.75, 3.05) is 0 Å². The number of oxazole rings is 1. The van der Waals surface area contributed by atoms with Crippen LogP contribution in [0, 0.1) is 6.92 Å². The number of nitrogens with zero attached hydrogens (tertiary/aromatic N) is 2. The van der Waals surface area contributed by atoms with Gasteiger partial charge in [-0.15, -0.1) is 0 Å². The second kappa shape index (κ2) is 8.11. The molecule has 0 aliphatic rings. The SMILES string of the molecule is Cc1cccc(C[n+]2cccc(-c3ncc(-c4ccccc4)o3)c2)c1.[Br-]. The Labute approximate surface area is 163 Å². The van der Waals surface area contributed by atoms with Gasteiger partial charge in [0.1, 0.15) is 5.56 Å². The van der Waals surface area contributed by atoms with Gasteiger partial charge >= 0.3 is 0 Å². The van der Waals surface area contributed by atoms with Crippen LogP contribution in [-0.4, -0.2) is 4.98 Å². The second-order valence-corrected chi connectivity index (χ2v) is 6.15. The molecule has 0 aliphatic carbocycles. The summed E-state index contributed by atoms with van der Waals surface area (Å²) < 4.78 is 8.10. The summed E-state index contributed by atoms with van der Waals surface area (Å²) in [4.78, 5) is 4.45. The van der Waals surface area contributed by atoms with Crippen LogP contribution in [0.25, 0.3) is 22.8 Å². The van der Waals surface area contributed by atoms with Crippen LogP contribution in [0.5, 0.6) is 0 Å². The quantitative estimate of drug-likeness (QED) is 0.482. The number of benzene rings is 2. The van der Waals surface area contributed by atoms with Crippen molar-refractivity contribution in [2.45, 2.75) is 13.5 Å². The standard InChI is InChI=1S/C22H19N2O.BrH/c1-17-7-5-8-18(13-17)15-24-12-6-11-20(16-24)22-23-14-21(25-22)19-9-3-2-4-10-19;/h2-14,16H,15H2,1H3;1H/q+1;/p-1. The van der Waals surface area contributed by atoms with E-state index < -0.39 is 0 Å². The monoisotopic (exact) mass is 406 g/mol. The molecule has 0 atom stereocenters. The van der Waals surface area contributed by atoms with Crippen molar-refractivity contribution in [1.29, 1.82) is 0 Å². The smallest absolute Gasteiger partial charge is 0.232 e. The van der Waals surface area contributed by atoms with Crippen LogP contribution in [0.2, 0.25) is 0 Å². The predicted octanol–water partition coefficient (Wildman–Crippen LogP) is 1.66. The van der Waals surface area contributed by atoms with Gasteiger partial charge in [0.15, 0.2) is 24.7 Å². The number of hydrogen-bond acceptors (Lipinski definition) is 2. The van der Waals surface area contributed by atoms with Crippen LogP contribution in [0.15, 0.2) is 89.7 Å². The lowest BCUT2D eigenvalue weighted by Gasteiger charge is -2.01. The highest BCUT2D eigenvalue weighted by Gasteiger charge is 2.12. The summed E-state index contributed by atoms with van der Waals surface area (Å²) in [6, 6.07) is 22.6. The zero-order valence-corrected chi connectivity index (χ0v) is 16.1. The molecule has 4 heteroatoms. The van der Waals surface area contributed by atoms with E-state index in [0.717, 1.165) is 23.4 Å². The average molecular weight is 407 g/mol. The van der Waals surface area contributed by atoms with Crippen LogP contribution in [0.3, 0.4) is 0 Å². The van der Waals surface area contributed by atoms with Crippen molar-refractivity contribution in [2.24, 2.45) is 0 Å². The van der Waals surface area contributed by atoms with Crippen molar-refractivity contribution < 1.29 is 26.0 Å². The Balaban J connectivity index is 0.00000196. The topological polar surface area (TPSA) is 29.9 Å². The number of pyridine rings is 1. The first-order valence-electron chi connectivity index (χ1n) is 8.34. The summed E-state index contributed by atoms with van der Waals surface area (Å²) in [6.45, 7) is 2.93. The molecule has 0 bridgehead atoms. The lowest BCUT2D eigenvalue weighted by molar-refractivity contribution is -0.687. The zero-order chi connectivity index (χ0) is 17.1. The maximum Gasteiger partial charge on any atom is 0.232 e. The van der Waals surface area contributed by atoms with Gasteiger partial charge in [0.05, 0.1) is 6.20 Å². The molecule has 0 amide bonds. The Morgan fingerprint density at radius 2 is 1.73 bits per heavy atom. The molecule has 0 fully saturated rings. The van der Waals surface area contributed by atoms with Gasteiger partial charge in [-0.3, -0.25) is 0 Å². The van der Waals surface area contributed by atoms with Crippen LogP contribution in [0.4, 0.5) is 0 Å². The molecule has 130 valence electrons. The molecule has 2 aromatic heterocycles. The molecule has 0 unspecified atom stereocenters. The normalized spacial score (nSPS) is 10.3. The third-order valence-corrected chi connectivity index (χ3v) is 4.12. The lowest BCUT2D eigenvalue weighted by Crippen LogP contribution is -3.00. The minimum Gasteiger partial charge on any atom is -1.00 e. The first kappa shape index (κ1) is 18.1. The molecule has 0 radical (unpaired) electrons. The summed E-state index contributed by atoms with van der Waals surface area (Å²) in [5.74, 6) is 1.42. The molecule has 4 aromatic rings. The number of hydrogen-bond donors (Lipinski definition) is 0. The third-order valence-electron chi connectivity index (χ3n) is 4.12. The third kappa shape index (κ3) is 4.09. The van der Waals surface area contributed by atoms with Gasteiger partial charge in [0, 0.05) is 17.2 Å². The van der Waals surface area contributed by atoms with E-state index in [2.05, 4.69) is 53.1 Å². The van der Waals surface area contributed by atoms with E-state index in [4.69, 9.17) is 4.42 Å². The van der Waals surface area contributed by atoms with E-state index in [9.17, 15) is 0 Å². The molecule has 2 heterocycles. The molecular weight excluding hydrogens is 388 g/mol. The average Bonchev–Trinajstić information content (AvgIpc) is 3.13. The van der Waals surface area contributed by atoms with Gasteiger partial charge in [0.2, 0.25) is 5.89 Å². The summed E-state index contributed by atoms with van der Waals surface area (Å²) in [5.41, 5.74) is 4.55. The molecule has 2 aromatic carbocycles. The van der Waals surface area contributed by atoms with Gasteiger partial charge in [-0.05, 0) is 19.1 Å². The fraction of sp³-hybridized carbons (Fsp3) is 0.0909. The van der Waals surface area contributed by atoms with Gasteiger partial charge in [-0.1, -0.05) is 54.1 Å². The van der Waals surface area contributed by atoms with E-state index in [1.807, 2.05) is 42.5 Å². The highest BCUT2D eigenvalue weighted by atomic mass is 79.9. The maximum absolute atomic E-state index is 5.96. The van der Waals surface area contributed by atoms with Gasteiger partial charge < -0.3 is 21.4 Å². The molecule has 0 N–H and O–H groups in total. The predicted molar refractivity (Wildman–Crippen MR) is 97.9 cm³/mol. The fourth-order valence-electron chi connectivity index (χ4n) is 2.91. The second-order valence-electron chi connectivity index (χ2n) is 6.15. The van der Waals surface area contributed by atoms with Crippen molar-refractivity contribution in [1.82, 2.24) is 4.98 Å². The van der Waals surface area contributed by atoms with Crippen molar-refractivity contribution in [3.05, 3.63) is 96.4 Å². The van der Waals surface area contributed by atoms with E-state index in [1.165, 1.54) is 11.1 Å². The molecule has 4 rings (SSSR count). The minimum atomic E-state index is 0. The zero-order valence-electron chi connectivity index (χ0n) is 14.5. The number of halogens is 1. The summed E-state index contributed by atoms with van der Waals surface area (Å²) in [6.07, 6.45) is 5.92. The summed E-state index contributed by atoms with van der Waals surface area (Å²) in [7, 11) is 0. The van der Waals surface area contributed by atoms with Gasteiger partial charge in [-0.25, -0.2) is 4.98 Å². The molecule has 26 heavy (non-hydrogen) atoms. The Morgan fingerprint density at radius 1 is 0.923 bits per heavy atom. The van der Waals surface area contributed by atoms with Gasteiger partial charge in [0.25, 0.3) is 0 Å². The van der Waals surface area contributed by atoms with E-state index >= 15 is 0 Å². The highest BCUT2D eigenvalue weighted by molar-refractivity contribution is 5.60. The molecule has 0 saturated heterocycles. The number of rotatable bonds is 4. The Bertz CT molecular complexity index is 996. The Morgan fingerprint density at radius 3 is 2.54 bits per heavy atom. The van der Waals surface area contributed by atoms with Gasteiger partial charge in [-0.2, -0.15) is 4.57 Å². The van der Waals surface area contributed by atoms with Crippen LogP contribution < -0.4 is 21.5 Å².